The Morgan fingerprint density at radius 1 is 1.33 bits per heavy atom. The average molecular weight is 211 g/mol. The van der Waals surface area contributed by atoms with Gasteiger partial charge in [-0.05, 0) is 18.1 Å². The third-order valence-corrected chi connectivity index (χ3v) is 1.87. The van der Waals surface area contributed by atoms with Gasteiger partial charge in [-0.1, -0.05) is 26.0 Å². The highest BCUT2D eigenvalue weighted by Gasteiger charge is 2.02. The Kier molecular flexibility index (Phi) is 4.95. The van der Waals surface area contributed by atoms with E-state index in [2.05, 4.69) is 19.2 Å². The lowest BCUT2D eigenvalue weighted by atomic mass is 10.2. The Balaban J connectivity index is 2.59. The van der Waals surface area contributed by atoms with Crippen LogP contribution in [0.1, 0.15) is 13.8 Å². The average Bonchev–Trinajstić information content (AvgIpc) is 2.24. The summed E-state index contributed by atoms with van der Waals surface area (Å²) in [5.41, 5.74) is 0.857. The number of halogens is 1. The van der Waals surface area contributed by atoms with E-state index in [1.54, 1.807) is 0 Å². The first-order chi connectivity index (χ1) is 7.24. The number of hydrogen-bond donors (Lipinski definition) is 1. The highest BCUT2D eigenvalue weighted by molar-refractivity contribution is 5.56. The molecule has 0 unspecified atom stereocenters. The van der Waals surface area contributed by atoms with Gasteiger partial charge in [-0.25, -0.2) is 4.39 Å². The first-order valence-corrected chi connectivity index (χ1v) is 5.25. The first kappa shape index (κ1) is 11.8. The van der Waals surface area contributed by atoms with Crippen LogP contribution < -0.4 is 10.1 Å². The maximum absolute atomic E-state index is 12.0. The monoisotopic (exact) mass is 211 g/mol. The van der Waals surface area contributed by atoms with Crippen LogP contribution in [0, 0.1) is 5.92 Å². The van der Waals surface area contributed by atoms with Crippen molar-refractivity contribution < 1.29 is 9.13 Å². The Hall–Kier alpha value is -1.25. The predicted molar refractivity (Wildman–Crippen MR) is 61.2 cm³/mol. The van der Waals surface area contributed by atoms with Gasteiger partial charge in [0.25, 0.3) is 0 Å². The number of alkyl halides is 1. The molecule has 2 nitrogen and oxygen atoms in total. The molecule has 0 atom stereocenters. The molecular formula is C12H18FNO. The lowest BCUT2D eigenvalue weighted by molar-refractivity contribution is 0.272. The molecule has 84 valence electrons. The molecule has 0 fully saturated rings. The standard InChI is InChI=1S/C12H18FNO/c1-10(2)9-15-12-6-4-3-5-11(12)14-8-7-13/h3-6,10,14H,7-9H2,1-2H3. The van der Waals surface area contributed by atoms with Crippen molar-refractivity contribution in [1.82, 2.24) is 0 Å². The minimum Gasteiger partial charge on any atom is -0.491 e. The maximum Gasteiger partial charge on any atom is 0.142 e. The van der Waals surface area contributed by atoms with Crippen LogP contribution in [0.15, 0.2) is 24.3 Å². The van der Waals surface area contributed by atoms with Gasteiger partial charge >= 0.3 is 0 Å². The zero-order valence-electron chi connectivity index (χ0n) is 9.29. The van der Waals surface area contributed by atoms with Crippen molar-refractivity contribution in [3.63, 3.8) is 0 Å². The quantitative estimate of drug-likeness (QED) is 0.780. The van der Waals surface area contributed by atoms with E-state index in [1.807, 2.05) is 24.3 Å². The van der Waals surface area contributed by atoms with Crippen molar-refractivity contribution in [2.24, 2.45) is 5.92 Å². The van der Waals surface area contributed by atoms with Gasteiger partial charge < -0.3 is 10.1 Å². The van der Waals surface area contributed by atoms with E-state index < -0.39 is 0 Å². The summed E-state index contributed by atoms with van der Waals surface area (Å²) < 4.78 is 17.6. The number of anilines is 1. The summed E-state index contributed by atoms with van der Waals surface area (Å²) in [6.45, 7) is 4.81. The summed E-state index contributed by atoms with van der Waals surface area (Å²) in [6, 6.07) is 7.60. The highest BCUT2D eigenvalue weighted by atomic mass is 19.1. The molecule has 0 aliphatic rings. The molecule has 0 amide bonds. The summed E-state index contributed by atoms with van der Waals surface area (Å²) >= 11 is 0. The molecule has 1 N–H and O–H groups in total. The molecule has 0 aliphatic carbocycles. The lowest BCUT2D eigenvalue weighted by Gasteiger charge is -2.13. The summed E-state index contributed by atoms with van der Waals surface area (Å²) in [6.07, 6.45) is 0. The Bertz CT molecular complexity index is 289. The molecule has 0 heterocycles. The Morgan fingerprint density at radius 2 is 2.07 bits per heavy atom. The number of hydrogen-bond acceptors (Lipinski definition) is 2. The number of nitrogens with one attached hydrogen (secondary N) is 1. The molecular weight excluding hydrogens is 193 g/mol. The van der Waals surface area contributed by atoms with E-state index in [4.69, 9.17) is 4.74 Å². The van der Waals surface area contributed by atoms with Gasteiger partial charge in [-0.2, -0.15) is 0 Å². The molecule has 0 aliphatic heterocycles. The molecule has 0 saturated heterocycles. The number of para-hydroxylation sites is 2. The van der Waals surface area contributed by atoms with E-state index in [0.717, 1.165) is 11.4 Å². The molecule has 0 radical (unpaired) electrons. The fourth-order valence-corrected chi connectivity index (χ4v) is 1.18. The van der Waals surface area contributed by atoms with Crippen LogP contribution in [0.3, 0.4) is 0 Å². The summed E-state index contributed by atoms with van der Waals surface area (Å²) in [7, 11) is 0. The van der Waals surface area contributed by atoms with Crippen molar-refractivity contribution in [1.29, 1.82) is 0 Å². The lowest BCUT2D eigenvalue weighted by Crippen LogP contribution is -2.08. The summed E-state index contributed by atoms with van der Waals surface area (Å²) in [5, 5.41) is 2.99. The molecule has 0 bridgehead atoms. The van der Waals surface area contributed by atoms with Crippen LogP contribution in [0.4, 0.5) is 10.1 Å². The maximum atomic E-state index is 12.0. The molecule has 1 rings (SSSR count). The van der Waals surface area contributed by atoms with E-state index in [0.29, 0.717) is 19.1 Å². The van der Waals surface area contributed by atoms with Crippen molar-refractivity contribution in [2.45, 2.75) is 13.8 Å². The highest BCUT2D eigenvalue weighted by Crippen LogP contribution is 2.23. The molecule has 1 aromatic rings. The van der Waals surface area contributed by atoms with E-state index in [-0.39, 0.29) is 6.67 Å². The van der Waals surface area contributed by atoms with Crippen molar-refractivity contribution in [3.8, 4) is 5.75 Å². The second kappa shape index (κ2) is 6.27. The van der Waals surface area contributed by atoms with Gasteiger partial charge in [0, 0.05) is 6.54 Å². The minimum atomic E-state index is -0.376. The molecule has 3 heteroatoms. The van der Waals surface area contributed by atoms with Gasteiger partial charge in [0.2, 0.25) is 0 Å². The minimum absolute atomic E-state index is 0.321. The largest absolute Gasteiger partial charge is 0.491 e. The smallest absolute Gasteiger partial charge is 0.142 e. The van der Waals surface area contributed by atoms with Gasteiger partial charge in [-0.3, -0.25) is 0 Å². The SMILES string of the molecule is CC(C)COc1ccccc1NCCF. The molecule has 0 saturated carbocycles. The second-order valence-corrected chi connectivity index (χ2v) is 3.82. The number of ether oxygens (including phenoxy) is 1. The van der Waals surface area contributed by atoms with Crippen molar-refractivity contribution in [2.75, 3.05) is 25.1 Å². The number of rotatable bonds is 6. The fourth-order valence-electron chi connectivity index (χ4n) is 1.18. The molecule has 0 spiro atoms. The van der Waals surface area contributed by atoms with Crippen LogP contribution in [-0.4, -0.2) is 19.8 Å². The Morgan fingerprint density at radius 3 is 2.73 bits per heavy atom. The van der Waals surface area contributed by atoms with Crippen LogP contribution in [0.5, 0.6) is 5.75 Å². The van der Waals surface area contributed by atoms with E-state index in [9.17, 15) is 4.39 Å². The third-order valence-electron chi connectivity index (χ3n) is 1.87. The molecule has 0 aromatic heterocycles. The fraction of sp³-hybridized carbons (Fsp3) is 0.500. The normalized spacial score (nSPS) is 10.4. The van der Waals surface area contributed by atoms with Crippen LogP contribution >= 0.6 is 0 Å². The van der Waals surface area contributed by atoms with E-state index in [1.165, 1.54) is 0 Å². The van der Waals surface area contributed by atoms with E-state index >= 15 is 0 Å². The molecule has 15 heavy (non-hydrogen) atoms. The van der Waals surface area contributed by atoms with Gasteiger partial charge in [-0.15, -0.1) is 0 Å². The van der Waals surface area contributed by atoms with Crippen LogP contribution in [0.2, 0.25) is 0 Å². The molecule has 1 aromatic carbocycles. The Labute approximate surface area is 90.4 Å². The van der Waals surface area contributed by atoms with Crippen LogP contribution in [0.25, 0.3) is 0 Å². The zero-order valence-corrected chi connectivity index (χ0v) is 9.29. The predicted octanol–water partition coefficient (Wildman–Crippen LogP) is 3.10. The van der Waals surface area contributed by atoms with Crippen molar-refractivity contribution >= 4 is 5.69 Å². The van der Waals surface area contributed by atoms with Crippen LogP contribution in [-0.2, 0) is 0 Å². The van der Waals surface area contributed by atoms with Gasteiger partial charge in [0.15, 0.2) is 0 Å². The zero-order chi connectivity index (χ0) is 11.1. The summed E-state index contributed by atoms with van der Waals surface area (Å²) in [4.78, 5) is 0. The second-order valence-electron chi connectivity index (χ2n) is 3.82. The van der Waals surface area contributed by atoms with Gasteiger partial charge in [0.1, 0.15) is 12.4 Å². The van der Waals surface area contributed by atoms with Crippen molar-refractivity contribution in [3.05, 3.63) is 24.3 Å². The third kappa shape index (κ3) is 4.19. The topological polar surface area (TPSA) is 21.3 Å². The summed E-state index contributed by atoms with van der Waals surface area (Å²) in [5.74, 6) is 1.28. The number of benzene rings is 1. The van der Waals surface area contributed by atoms with Gasteiger partial charge in [0.05, 0.1) is 12.3 Å². The first-order valence-electron chi connectivity index (χ1n) is 5.25.